The van der Waals surface area contributed by atoms with Crippen LogP contribution in [0.1, 0.15) is 25.7 Å². The minimum absolute atomic E-state index is 0. The number of carbonyl (C=O) groups is 1. The summed E-state index contributed by atoms with van der Waals surface area (Å²) in [7, 11) is 4.59. The van der Waals surface area contributed by atoms with Crippen LogP contribution in [0, 0.1) is 0 Å². The van der Waals surface area contributed by atoms with Crippen molar-refractivity contribution in [3.63, 3.8) is 0 Å². The Balaban J connectivity index is 0.00000240. The van der Waals surface area contributed by atoms with Crippen molar-refractivity contribution in [3.8, 4) is 11.1 Å². The van der Waals surface area contributed by atoms with E-state index in [0.717, 1.165) is 28.5 Å². The number of halogens is 3. The molecule has 0 aromatic heterocycles. The highest BCUT2D eigenvalue weighted by Crippen LogP contribution is 2.40. The number of nitrogens with one attached hydrogen (secondary N) is 1. The van der Waals surface area contributed by atoms with Gasteiger partial charge in [0.25, 0.3) is 0 Å². The lowest BCUT2D eigenvalue weighted by molar-refractivity contribution is -0.931. The summed E-state index contributed by atoms with van der Waals surface area (Å²) in [5.41, 5.74) is 2.38. The molecule has 0 aliphatic carbocycles. The van der Waals surface area contributed by atoms with E-state index in [1.54, 1.807) is 12.1 Å². The van der Waals surface area contributed by atoms with Gasteiger partial charge in [0, 0.05) is 41.3 Å². The van der Waals surface area contributed by atoms with Crippen LogP contribution < -0.4 is 22.3 Å². The highest BCUT2D eigenvalue weighted by molar-refractivity contribution is 6.31. The monoisotopic (exact) mass is 498 g/mol. The third kappa shape index (κ3) is 4.74. The quantitative estimate of drug-likeness (QED) is 0.659. The third-order valence-electron chi connectivity index (χ3n) is 6.41. The van der Waals surface area contributed by atoms with Crippen molar-refractivity contribution in [3.05, 3.63) is 52.5 Å². The number of hydrogen-bond acceptors (Lipinski definition) is 2. The molecule has 156 valence electrons. The van der Waals surface area contributed by atoms with Crippen LogP contribution in [0.2, 0.25) is 10.0 Å². The maximum Gasteiger partial charge on any atom is 0.411 e. The third-order valence-corrected chi connectivity index (χ3v) is 6.88. The van der Waals surface area contributed by atoms with Crippen molar-refractivity contribution in [2.45, 2.75) is 43.9 Å². The van der Waals surface area contributed by atoms with Gasteiger partial charge >= 0.3 is 6.09 Å². The Kier molecular flexibility index (Phi) is 6.84. The van der Waals surface area contributed by atoms with Crippen LogP contribution in [-0.4, -0.2) is 42.9 Å². The van der Waals surface area contributed by atoms with Crippen LogP contribution in [0.3, 0.4) is 0 Å². The Morgan fingerprint density at radius 2 is 1.69 bits per heavy atom. The van der Waals surface area contributed by atoms with E-state index in [2.05, 4.69) is 19.4 Å². The highest BCUT2D eigenvalue weighted by Gasteiger charge is 2.49. The predicted octanol–water partition coefficient (Wildman–Crippen LogP) is 2.98. The first-order valence-corrected chi connectivity index (χ1v) is 10.4. The molecule has 1 amide bonds. The van der Waals surface area contributed by atoms with Gasteiger partial charge in [-0.25, -0.2) is 4.79 Å². The van der Waals surface area contributed by atoms with Crippen LogP contribution in [0.15, 0.2) is 42.5 Å². The van der Waals surface area contributed by atoms with Gasteiger partial charge in [-0.3, -0.25) is 5.32 Å². The first kappa shape index (κ1) is 22.4. The van der Waals surface area contributed by atoms with E-state index in [4.69, 9.17) is 27.9 Å². The zero-order valence-corrected chi connectivity index (χ0v) is 19.6. The Hall–Kier alpha value is -1.27. The standard InChI is InChI=1S/C22H24Cl2N2O2.BrH/c1-26(2)17-7-8-18(26)13-19(12-17)28-22(27)25-21-11-16(24)6-9-20(21)14-4-3-5-15(23)10-14;/h3-6,9-11,17-19H,7-8,12-13H2,1-2H3;1H/t17-,18+,19?;. The summed E-state index contributed by atoms with van der Waals surface area (Å²) >= 11 is 12.3. The second-order valence-electron chi connectivity index (χ2n) is 8.34. The van der Waals surface area contributed by atoms with E-state index in [1.807, 2.05) is 30.3 Å². The number of rotatable bonds is 3. The fourth-order valence-corrected chi connectivity index (χ4v) is 5.11. The fourth-order valence-electron chi connectivity index (χ4n) is 4.75. The van der Waals surface area contributed by atoms with E-state index < -0.39 is 6.09 Å². The van der Waals surface area contributed by atoms with Gasteiger partial charge in [-0.1, -0.05) is 41.4 Å². The van der Waals surface area contributed by atoms with Gasteiger partial charge in [-0.15, -0.1) is 0 Å². The molecule has 2 aromatic rings. The molecule has 4 nitrogen and oxygen atoms in total. The number of anilines is 1. The number of nitrogens with zero attached hydrogens (tertiary/aromatic N) is 1. The number of benzene rings is 2. The van der Waals surface area contributed by atoms with Crippen LogP contribution in [0.5, 0.6) is 0 Å². The number of ether oxygens (including phenoxy) is 1. The molecule has 2 aromatic carbocycles. The molecule has 2 bridgehead atoms. The van der Waals surface area contributed by atoms with E-state index in [9.17, 15) is 4.79 Å². The Bertz CT molecular complexity index is 890. The molecule has 2 heterocycles. The summed E-state index contributed by atoms with van der Waals surface area (Å²) in [5.74, 6) is 0. The number of quaternary nitrogens is 1. The average molecular weight is 500 g/mol. The molecule has 2 aliphatic rings. The van der Waals surface area contributed by atoms with Crippen molar-refractivity contribution in [2.24, 2.45) is 0 Å². The summed E-state index contributed by atoms with van der Waals surface area (Å²) < 4.78 is 6.84. The predicted molar refractivity (Wildman–Crippen MR) is 114 cm³/mol. The van der Waals surface area contributed by atoms with E-state index in [-0.39, 0.29) is 23.1 Å². The maximum atomic E-state index is 12.6. The van der Waals surface area contributed by atoms with Gasteiger partial charge in [0.2, 0.25) is 0 Å². The lowest BCUT2D eigenvalue weighted by Gasteiger charge is -2.43. The van der Waals surface area contributed by atoms with Gasteiger partial charge in [0.05, 0.1) is 31.9 Å². The van der Waals surface area contributed by atoms with Gasteiger partial charge in [-0.2, -0.15) is 0 Å². The molecular formula is C22H25BrCl2N2O2. The van der Waals surface area contributed by atoms with Crippen molar-refractivity contribution in [1.29, 1.82) is 0 Å². The summed E-state index contributed by atoms with van der Waals surface area (Å²) in [4.78, 5) is 12.6. The van der Waals surface area contributed by atoms with Crippen molar-refractivity contribution >= 4 is 35.0 Å². The number of amides is 1. The van der Waals surface area contributed by atoms with Gasteiger partial charge < -0.3 is 26.2 Å². The fraction of sp³-hybridized carbons (Fsp3) is 0.409. The molecular weight excluding hydrogens is 475 g/mol. The van der Waals surface area contributed by atoms with Crippen LogP contribution >= 0.6 is 23.2 Å². The Labute approximate surface area is 192 Å². The van der Waals surface area contributed by atoms with Crippen LogP contribution in [0.4, 0.5) is 10.5 Å². The molecule has 0 spiro atoms. The molecule has 0 saturated carbocycles. The smallest absolute Gasteiger partial charge is 0.411 e. The molecule has 2 saturated heterocycles. The largest absolute Gasteiger partial charge is 1.00 e. The molecule has 29 heavy (non-hydrogen) atoms. The minimum atomic E-state index is -0.429. The van der Waals surface area contributed by atoms with E-state index >= 15 is 0 Å². The lowest BCUT2D eigenvalue weighted by atomic mass is 9.98. The first-order chi connectivity index (χ1) is 13.3. The highest BCUT2D eigenvalue weighted by atomic mass is 79.9. The molecule has 2 aliphatic heterocycles. The normalized spacial score (nSPS) is 24.5. The Morgan fingerprint density at radius 3 is 2.34 bits per heavy atom. The average Bonchev–Trinajstić information content (AvgIpc) is 2.80. The van der Waals surface area contributed by atoms with Crippen molar-refractivity contribution < 1.29 is 31.0 Å². The first-order valence-electron chi connectivity index (χ1n) is 9.69. The molecule has 4 rings (SSSR count). The molecule has 1 unspecified atom stereocenters. The summed E-state index contributed by atoms with van der Waals surface area (Å²) in [6.07, 6.45) is 3.82. The zero-order valence-electron chi connectivity index (χ0n) is 16.5. The maximum absolute atomic E-state index is 12.6. The number of hydrogen-bond donors (Lipinski definition) is 1. The van der Waals surface area contributed by atoms with E-state index in [1.165, 1.54) is 12.8 Å². The number of piperidine rings is 1. The zero-order chi connectivity index (χ0) is 19.9. The second kappa shape index (κ2) is 8.84. The topological polar surface area (TPSA) is 38.3 Å². The van der Waals surface area contributed by atoms with Crippen LogP contribution in [-0.2, 0) is 4.74 Å². The molecule has 3 atom stereocenters. The SMILES string of the molecule is C[N+]1(C)[C@@H]2CC[C@H]1CC(OC(=O)Nc1cc(Cl)ccc1-c1cccc(Cl)c1)C2.[Br-]. The summed E-state index contributed by atoms with van der Waals surface area (Å²) in [6.45, 7) is 0. The number of carbonyl (C=O) groups excluding carboxylic acids is 1. The molecule has 7 heteroatoms. The summed E-state index contributed by atoms with van der Waals surface area (Å²) in [6, 6.07) is 14.1. The van der Waals surface area contributed by atoms with Crippen LogP contribution in [0.25, 0.3) is 11.1 Å². The van der Waals surface area contributed by atoms with Gasteiger partial charge in [0.15, 0.2) is 0 Å². The minimum Gasteiger partial charge on any atom is -1.00 e. The van der Waals surface area contributed by atoms with Crippen molar-refractivity contribution in [1.82, 2.24) is 0 Å². The van der Waals surface area contributed by atoms with E-state index in [0.29, 0.717) is 27.8 Å². The summed E-state index contributed by atoms with van der Waals surface area (Å²) in [5, 5.41) is 4.08. The van der Waals surface area contributed by atoms with Gasteiger partial charge in [0.1, 0.15) is 6.10 Å². The lowest BCUT2D eigenvalue weighted by Crippen LogP contribution is -3.00. The Morgan fingerprint density at radius 1 is 1.03 bits per heavy atom. The van der Waals surface area contributed by atoms with Crippen molar-refractivity contribution in [2.75, 3.05) is 19.4 Å². The number of fused-ring (bicyclic) bond motifs is 2. The molecule has 1 N–H and O–H groups in total. The molecule has 2 fully saturated rings. The second-order valence-corrected chi connectivity index (χ2v) is 9.21. The van der Waals surface area contributed by atoms with Gasteiger partial charge in [-0.05, 0) is 29.8 Å². The molecule has 0 radical (unpaired) electrons.